The van der Waals surface area contributed by atoms with E-state index in [0.717, 1.165) is 5.56 Å². The maximum atomic E-state index is 11.5. The zero-order chi connectivity index (χ0) is 11.4. The number of methoxy groups -OCH3 is 1. The fraction of sp³-hybridized carbons (Fsp3) is 0.364. The summed E-state index contributed by atoms with van der Waals surface area (Å²) in [7, 11) is 1.53. The fourth-order valence-electron chi connectivity index (χ4n) is 1.24. The van der Waals surface area contributed by atoms with Crippen molar-refractivity contribution in [1.82, 2.24) is 0 Å². The smallest absolute Gasteiger partial charge is 0.338 e. The van der Waals surface area contributed by atoms with Crippen molar-refractivity contribution in [3.63, 3.8) is 0 Å². The number of carbonyl (C=O) groups is 1. The number of esters is 1. The van der Waals surface area contributed by atoms with E-state index >= 15 is 0 Å². The van der Waals surface area contributed by atoms with Crippen molar-refractivity contribution in [3.8, 4) is 5.75 Å². The number of ether oxygens (including phenoxy) is 2. The molecule has 0 aliphatic rings. The van der Waals surface area contributed by atoms with Crippen molar-refractivity contribution < 1.29 is 14.3 Å². The average molecular weight is 229 g/mol. The third-order valence-electron chi connectivity index (χ3n) is 1.99. The molecule has 0 spiro atoms. The first-order valence-electron chi connectivity index (χ1n) is 4.61. The molecule has 15 heavy (non-hydrogen) atoms. The Bertz CT molecular complexity index is 374. The molecule has 0 unspecified atom stereocenters. The normalized spacial score (nSPS) is 9.87. The number of halogens is 1. The lowest BCUT2D eigenvalue weighted by molar-refractivity contribution is 0.0525. The highest BCUT2D eigenvalue weighted by Crippen LogP contribution is 2.28. The minimum atomic E-state index is -0.362. The van der Waals surface area contributed by atoms with Crippen LogP contribution in [0.15, 0.2) is 12.1 Å². The van der Waals surface area contributed by atoms with Crippen LogP contribution in [0.3, 0.4) is 0 Å². The summed E-state index contributed by atoms with van der Waals surface area (Å²) in [5.41, 5.74) is 1.26. The number of hydrogen-bond donors (Lipinski definition) is 0. The highest BCUT2D eigenvalue weighted by atomic mass is 35.5. The zero-order valence-electron chi connectivity index (χ0n) is 8.96. The van der Waals surface area contributed by atoms with E-state index in [9.17, 15) is 4.79 Å². The molecule has 3 nitrogen and oxygen atoms in total. The molecular weight excluding hydrogens is 216 g/mol. The molecule has 4 heteroatoms. The van der Waals surface area contributed by atoms with E-state index in [4.69, 9.17) is 21.1 Å². The second-order valence-electron chi connectivity index (χ2n) is 3.02. The monoisotopic (exact) mass is 228 g/mol. The third kappa shape index (κ3) is 2.63. The molecule has 0 atom stereocenters. The lowest BCUT2D eigenvalue weighted by Crippen LogP contribution is -2.07. The fourth-order valence-corrected chi connectivity index (χ4v) is 1.48. The van der Waals surface area contributed by atoms with Gasteiger partial charge in [0.2, 0.25) is 0 Å². The number of benzene rings is 1. The second-order valence-corrected chi connectivity index (χ2v) is 3.43. The Balaban J connectivity index is 3.10. The van der Waals surface area contributed by atoms with Crippen LogP contribution in [0.1, 0.15) is 22.8 Å². The Morgan fingerprint density at radius 3 is 2.67 bits per heavy atom. The minimum absolute atomic E-state index is 0.349. The highest BCUT2D eigenvalue weighted by Gasteiger charge is 2.13. The first kappa shape index (κ1) is 11.9. The molecule has 82 valence electrons. The first-order chi connectivity index (χ1) is 7.10. The first-order valence-corrected chi connectivity index (χ1v) is 4.99. The Morgan fingerprint density at radius 1 is 1.47 bits per heavy atom. The van der Waals surface area contributed by atoms with Crippen molar-refractivity contribution in [2.75, 3.05) is 13.7 Å². The predicted molar refractivity (Wildman–Crippen MR) is 58.7 cm³/mol. The van der Waals surface area contributed by atoms with Crippen LogP contribution in [-0.4, -0.2) is 19.7 Å². The Kier molecular flexibility index (Phi) is 3.97. The Morgan fingerprint density at radius 2 is 2.13 bits per heavy atom. The summed E-state index contributed by atoms with van der Waals surface area (Å²) >= 11 is 5.91. The molecule has 0 bridgehead atoms. The molecule has 0 saturated carbocycles. The summed E-state index contributed by atoms with van der Waals surface area (Å²) < 4.78 is 9.94. The molecule has 0 aliphatic heterocycles. The molecule has 0 radical (unpaired) electrons. The molecular formula is C11H13ClO3. The third-order valence-corrected chi connectivity index (χ3v) is 2.29. The highest BCUT2D eigenvalue weighted by molar-refractivity contribution is 6.32. The summed E-state index contributed by atoms with van der Waals surface area (Å²) in [5, 5.41) is 0.408. The molecule has 1 aromatic carbocycles. The topological polar surface area (TPSA) is 35.5 Å². The average Bonchev–Trinajstić information content (AvgIpc) is 2.21. The van der Waals surface area contributed by atoms with E-state index < -0.39 is 0 Å². The van der Waals surface area contributed by atoms with Crippen LogP contribution < -0.4 is 4.74 Å². The molecule has 1 rings (SSSR count). The molecule has 0 amide bonds. The largest absolute Gasteiger partial charge is 0.495 e. The zero-order valence-corrected chi connectivity index (χ0v) is 9.72. The van der Waals surface area contributed by atoms with Gasteiger partial charge in [-0.05, 0) is 31.5 Å². The standard InChI is InChI=1S/C11H13ClO3/c1-4-15-11(13)8-6-9(12)10(14-3)5-7(8)2/h5-6H,4H2,1-3H3. The van der Waals surface area contributed by atoms with Gasteiger partial charge in [-0.25, -0.2) is 4.79 Å². The Hall–Kier alpha value is -1.22. The van der Waals surface area contributed by atoms with Crippen LogP contribution in [0.2, 0.25) is 5.02 Å². The molecule has 0 aromatic heterocycles. The molecule has 1 aromatic rings. The Labute approximate surface area is 93.9 Å². The predicted octanol–water partition coefficient (Wildman–Crippen LogP) is 2.83. The van der Waals surface area contributed by atoms with Crippen LogP contribution in [0.4, 0.5) is 0 Å². The van der Waals surface area contributed by atoms with Gasteiger partial charge < -0.3 is 9.47 Å². The summed E-state index contributed by atoms with van der Waals surface area (Å²) in [6.07, 6.45) is 0. The van der Waals surface area contributed by atoms with Gasteiger partial charge in [0.1, 0.15) is 5.75 Å². The number of hydrogen-bond acceptors (Lipinski definition) is 3. The van der Waals surface area contributed by atoms with Crippen LogP contribution in [0.25, 0.3) is 0 Å². The molecule has 0 heterocycles. The van der Waals surface area contributed by atoms with Gasteiger partial charge in [0.05, 0.1) is 24.3 Å². The van der Waals surface area contributed by atoms with E-state index in [1.165, 1.54) is 7.11 Å². The SMILES string of the molecule is CCOC(=O)c1cc(Cl)c(OC)cc1C. The molecule has 0 saturated heterocycles. The van der Waals surface area contributed by atoms with Gasteiger partial charge in [-0.3, -0.25) is 0 Å². The van der Waals surface area contributed by atoms with Gasteiger partial charge in [0, 0.05) is 0 Å². The van der Waals surface area contributed by atoms with Crippen molar-refractivity contribution in [2.45, 2.75) is 13.8 Å². The molecule has 0 N–H and O–H groups in total. The van der Waals surface area contributed by atoms with Crippen LogP contribution in [0, 0.1) is 6.92 Å². The van der Waals surface area contributed by atoms with Crippen LogP contribution in [0.5, 0.6) is 5.75 Å². The number of aryl methyl sites for hydroxylation is 1. The van der Waals surface area contributed by atoms with Crippen LogP contribution >= 0.6 is 11.6 Å². The summed E-state index contributed by atoms with van der Waals surface area (Å²) in [4.78, 5) is 11.5. The second kappa shape index (κ2) is 5.03. The van der Waals surface area contributed by atoms with Gasteiger partial charge in [0.25, 0.3) is 0 Å². The quantitative estimate of drug-likeness (QED) is 0.747. The van der Waals surface area contributed by atoms with E-state index in [1.54, 1.807) is 19.1 Å². The van der Waals surface area contributed by atoms with Crippen molar-refractivity contribution >= 4 is 17.6 Å². The van der Waals surface area contributed by atoms with Gasteiger partial charge in [0.15, 0.2) is 0 Å². The molecule has 0 aliphatic carbocycles. The van der Waals surface area contributed by atoms with Crippen LogP contribution in [-0.2, 0) is 4.74 Å². The molecule has 0 fully saturated rings. The summed E-state index contributed by atoms with van der Waals surface area (Å²) in [6, 6.07) is 3.28. The van der Waals surface area contributed by atoms with E-state index in [1.807, 2.05) is 6.92 Å². The maximum Gasteiger partial charge on any atom is 0.338 e. The van der Waals surface area contributed by atoms with Gasteiger partial charge >= 0.3 is 5.97 Å². The summed E-state index contributed by atoms with van der Waals surface area (Å²) in [5.74, 6) is 0.196. The summed E-state index contributed by atoms with van der Waals surface area (Å²) in [6.45, 7) is 3.92. The van der Waals surface area contributed by atoms with Gasteiger partial charge in [-0.15, -0.1) is 0 Å². The van der Waals surface area contributed by atoms with E-state index in [0.29, 0.717) is 22.9 Å². The van der Waals surface area contributed by atoms with Gasteiger partial charge in [-0.2, -0.15) is 0 Å². The van der Waals surface area contributed by atoms with E-state index in [-0.39, 0.29) is 5.97 Å². The van der Waals surface area contributed by atoms with Crippen molar-refractivity contribution in [1.29, 1.82) is 0 Å². The minimum Gasteiger partial charge on any atom is -0.495 e. The number of rotatable bonds is 3. The van der Waals surface area contributed by atoms with E-state index in [2.05, 4.69) is 0 Å². The van der Waals surface area contributed by atoms with Crippen molar-refractivity contribution in [2.24, 2.45) is 0 Å². The van der Waals surface area contributed by atoms with Gasteiger partial charge in [-0.1, -0.05) is 11.6 Å². The lowest BCUT2D eigenvalue weighted by atomic mass is 10.1. The van der Waals surface area contributed by atoms with Crippen molar-refractivity contribution in [3.05, 3.63) is 28.3 Å². The lowest BCUT2D eigenvalue weighted by Gasteiger charge is -2.09. The number of carbonyl (C=O) groups excluding carboxylic acids is 1. The maximum absolute atomic E-state index is 11.5.